The predicted molar refractivity (Wildman–Crippen MR) is 124 cm³/mol. The fourth-order valence-corrected chi connectivity index (χ4v) is 4.03. The molecular weight excluding hydrogens is 392 g/mol. The number of likely N-dealkylation sites (tertiary alicyclic amines) is 1. The molecule has 3 rings (SSSR count). The van der Waals surface area contributed by atoms with Crippen LogP contribution >= 0.6 is 0 Å². The molecule has 1 aromatic heterocycles. The summed E-state index contributed by atoms with van der Waals surface area (Å²) >= 11 is 0. The van der Waals surface area contributed by atoms with Crippen LogP contribution in [0.2, 0.25) is 0 Å². The molecule has 2 aromatic rings. The number of benzene rings is 1. The van der Waals surface area contributed by atoms with Gasteiger partial charge >= 0.3 is 0 Å². The van der Waals surface area contributed by atoms with Gasteiger partial charge in [0.05, 0.1) is 19.9 Å². The molecule has 1 saturated heterocycles. The zero-order valence-corrected chi connectivity index (χ0v) is 19.4. The normalized spacial score (nSPS) is 17.1. The summed E-state index contributed by atoms with van der Waals surface area (Å²) in [6, 6.07) is 8.55. The fraction of sp³-hybridized carbons (Fsp3) is 0.565. The van der Waals surface area contributed by atoms with Gasteiger partial charge in [-0.3, -0.25) is 14.6 Å². The Kier molecular flexibility index (Phi) is 8.17. The molecule has 0 aliphatic carbocycles. The van der Waals surface area contributed by atoms with E-state index in [2.05, 4.69) is 55.4 Å². The van der Waals surface area contributed by atoms with Crippen LogP contribution in [0.25, 0.3) is 0 Å². The first-order valence-electron chi connectivity index (χ1n) is 10.9. The van der Waals surface area contributed by atoms with Crippen molar-refractivity contribution in [2.45, 2.75) is 45.8 Å². The Hall–Kier alpha value is -2.74. The minimum absolute atomic E-state index is 0.384. The molecule has 170 valence electrons. The highest BCUT2D eigenvalue weighted by molar-refractivity contribution is 5.80. The van der Waals surface area contributed by atoms with Crippen LogP contribution in [0, 0.1) is 13.8 Å². The number of nitrogens with one attached hydrogen (secondary N) is 2. The van der Waals surface area contributed by atoms with Gasteiger partial charge in [-0.25, -0.2) is 0 Å². The minimum Gasteiger partial charge on any atom is -0.497 e. The van der Waals surface area contributed by atoms with Crippen LogP contribution in [0.4, 0.5) is 0 Å². The summed E-state index contributed by atoms with van der Waals surface area (Å²) in [4.78, 5) is 6.84. The highest BCUT2D eigenvalue weighted by Gasteiger charge is 2.23. The summed E-state index contributed by atoms with van der Waals surface area (Å²) in [5.74, 6) is 2.52. The quantitative estimate of drug-likeness (QED) is 0.363. The van der Waals surface area contributed by atoms with Crippen LogP contribution in [-0.4, -0.2) is 67.6 Å². The maximum Gasteiger partial charge on any atom is 0.191 e. The molecule has 8 heteroatoms. The van der Waals surface area contributed by atoms with Gasteiger partial charge in [-0.05, 0) is 50.5 Å². The van der Waals surface area contributed by atoms with Gasteiger partial charge in [0.15, 0.2) is 5.96 Å². The number of aromatic nitrogens is 2. The Bertz CT molecular complexity index is 857. The first-order chi connectivity index (χ1) is 15.0. The highest BCUT2D eigenvalue weighted by atomic mass is 16.5. The lowest BCUT2D eigenvalue weighted by Crippen LogP contribution is -2.44. The molecular formula is C23H36N6O2. The van der Waals surface area contributed by atoms with E-state index in [9.17, 15) is 0 Å². The Labute approximate surface area is 185 Å². The molecule has 1 fully saturated rings. The van der Waals surface area contributed by atoms with Crippen LogP contribution in [0.1, 0.15) is 29.8 Å². The van der Waals surface area contributed by atoms with E-state index >= 15 is 0 Å². The second kappa shape index (κ2) is 11.0. The van der Waals surface area contributed by atoms with E-state index in [0.717, 1.165) is 68.7 Å². The molecule has 1 unspecified atom stereocenters. The molecule has 0 bridgehead atoms. The Morgan fingerprint density at radius 2 is 1.90 bits per heavy atom. The van der Waals surface area contributed by atoms with Crippen LogP contribution in [0.3, 0.4) is 0 Å². The minimum atomic E-state index is 0.384. The first-order valence-corrected chi connectivity index (χ1v) is 10.9. The van der Waals surface area contributed by atoms with E-state index in [1.54, 1.807) is 14.2 Å². The second-order valence-electron chi connectivity index (χ2n) is 8.09. The number of hydrogen-bond donors (Lipinski definition) is 2. The molecule has 1 atom stereocenters. The fourth-order valence-electron chi connectivity index (χ4n) is 4.03. The zero-order chi connectivity index (χ0) is 22.2. The lowest BCUT2D eigenvalue weighted by atomic mass is 10.2. The lowest BCUT2D eigenvalue weighted by Gasteiger charge is -2.19. The average Bonchev–Trinajstić information content (AvgIpc) is 3.34. The number of guanidine groups is 1. The van der Waals surface area contributed by atoms with Crippen molar-refractivity contribution in [2.24, 2.45) is 4.99 Å². The van der Waals surface area contributed by atoms with Crippen molar-refractivity contribution in [2.75, 3.05) is 40.9 Å². The van der Waals surface area contributed by atoms with Gasteiger partial charge in [0.2, 0.25) is 0 Å². The number of aliphatic imine (C=N–C) groups is 1. The van der Waals surface area contributed by atoms with Crippen LogP contribution in [-0.2, 0) is 13.1 Å². The Morgan fingerprint density at radius 3 is 2.52 bits per heavy atom. The van der Waals surface area contributed by atoms with E-state index in [4.69, 9.17) is 9.47 Å². The van der Waals surface area contributed by atoms with Gasteiger partial charge in [0, 0.05) is 57.6 Å². The van der Waals surface area contributed by atoms with Crippen molar-refractivity contribution in [1.29, 1.82) is 0 Å². The topological polar surface area (TPSA) is 75.9 Å². The number of ether oxygens (including phenoxy) is 2. The molecule has 1 aromatic carbocycles. The third-order valence-electron chi connectivity index (χ3n) is 5.60. The summed E-state index contributed by atoms with van der Waals surface area (Å²) in [7, 11) is 5.19. The van der Waals surface area contributed by atoms with E-state index in [0.29, 0.717) is 6.04 Å². The smallest absolute Gasteiger partial charge is 0.191 e. The van der Waals surface area contributed by atoms with Gasteiger partial charge in [-0.1, -0.05) is 0 Å². The monoisotopic (exact) mass is 428 g/mol. The van der Waals surface area contributed by atoms with Gasteiger partial charge in [-0.15, -0.1) is 0 Å². The van der Waals surface area contributed by atoms with Crippen molar-refractivity contribution >= 4 is 5.96 Å². The van der Waals surface area contributed by atoms with Crippen molar-refractivity contribution < 1.29 is 9.47 Å². The molecule has 1 aliphatic heterocycles. The average molecular weight is 429 g/mol. The van der Waals surface area contributed by atoms with E-state index in [-0.39, 0.29) is 0 Å². The molecule has 0 spiro atoms. The van der Waals surface area contributed by atoms with E-state index in [1.807, 2.05) is 20.0 Å². The van der Waals surface area contributed by atoms with Gasteiger partial charge in [0.1, 0.15) is 11.5 Å². The molecule has 0 saturated carbocycles. The van der Waals surface area contributed by atoms with Crippen molar-refractivity contribution in [1.82, 2.24) is 25.3 Å². The third-order valence-corrected chi connectivity index (χ3v) is 5.60. The second-order valence-corrected chi connectivity index (χ2v) is 8.09. The molecule has 8 nitrogen and oxygen atoms in total. The molecule has 0 amide bonds. The van der Waals surface area contributed by atoms with E-state index in [1.165, 1.54) is 11.3 Å². The van der Waals surface area contributed by atoms with Crippen molar-refractivity contribution in [3.8, 4) is 11.5 Å². The molecule has 0 radical (unpaired) electrons. The van der Waals surface area contributed by atoms with Crippen molar-refractivity contribution in [3.63, 3.8) is 0 Å². The zero-order valence-electron chi connectivity index (χ0n) is 19.4. The summed E-state index contributed by atoms with van der Waals surface area (Å²) in [6.07, 6.45) is 2.09. The van der Waals surface area contributed by atoms with Crippen molar-refractivity contribution in [3.05, 3.63) is 41.2 Å². The predicted octanol–water partition coefficient (Wildman–Crippen LogP) is 2.35. The number of aryl methyl sites for hydroxylation is 3. The number of nitrogens with zero attached hydrogens (tertiary/aromatic N) is 4. The van der Waals surface area contributed by atoms with Crippen LogP contribution in [0.15, 0.2) is 29.3 Å². The van der Waals surface area contributed by atoms with E-state index < -0.39 is 0 Å². The third kappa shape index (κ3) is 6.62. The summed E-state index contributed by atoms with van der Waals surface area (Å²) < 4.78 is 12.9. The maximum absolute atomic E-state index is 5.39. The number of rotatable bonds is 9. The lowest BCUT2D eigenvalue weighted by molar-refractivity contribution is 0.321. The first kappa shape index (κ1) is 22.9. The maximum atomic E-state index is 5.39. The number of hydrogen-bond acceptors (Lipinski definition) is 5. The molecule has 1 aliphatic rings. The molecule has 31 heavy (non-hydrogen) atoms. The van der Waals surface area contributed by atoms with Crippen LogP contribution in [0.5, 0.6) is 11.5 Å². The summed E-state index contributed by atoms with van der Waals surface area (Å²) in [5, 5.41) is 11.5. The Balaban J connectivity index is 1.42. The summed E-state index contributed by atoms with van der Waals surface area (Å²) in [5.41, 5.74) is 3.48. The highest BCUT2D eigenvalue weighted by Crippen LogP contribution is 2.24. The molecule has 2 N–H and O–H groups in total. The van der Waals surface area contributed by atoms with Gasteiger partial charge in [-0.2, -0.15) is 5.10 Å². The number of methoxy groups -OCH3 is 2. The van der Waals surface area contributed by atoms with Gasteiger partial charge < -0.3 is 20.1 Å². The molecule has 2 heterocycles. The summed E-state index contributed by atoms with van der Waals surface area (Å²) in [6.45, 7) is 8.80. The largest absolute Gasteiger partial charge is 0.497 e. The van der Waals surface area contributed by atoms with Gasteiger partial charge in [0.25, 0.3) is 0 Å². The standard InChI is InChI=1S/C23H36N6O2/c1-17-11-18(2)29(27-17)9-6-8-25-23(24-3)26-20-7-10-28(16-20)15-19-12-21(30-4)14-22(13-19)31-5/h11-14,20H,6-10,15-16H2,1-5H3,(H2,24,25,26). The SMILES string of the molecule is CN=C(NCCCn1nc(C)cc1C)NC1CCN(Cc2cc(OC)cc(OC)c2)C1. The van der Waals surface area contributed by atoms with Crippen LogP contribution < -0.4 is 20.1 Å². The Morgan fingerprint density at radius 1 is 1.16 bits per heavy atom.